The first kappa shape index (κ1) is 22.6. The van der Waals surface area contributed by atoms with Crippen LogP contribution in [0.2, 0.25) is 5.02 Å². The molecular formula is C23H26ClFN4O3. The highest BCUT2D eigenvalue weighted by atomic mass is 35.5. The van der Waals surface area contributed by atoms with Gasteiger partial charge in [-0.2, -0.15) is 0 Å². The molecule has 2 aromatic rings. The molecule has 0 aliphatic carbocycles. The fourth-order valence-corrected chi connectivity index (χ4v) is 4.78. The lowest BCUT2D eigenvalue weighted by Crippen LogP contribution is -2.57. The van der Waals surface area contributed by atoms with Crippen molar-refractivity contribution < 1.29 is 18.7 Å². The summed E-state index contributed by atoms with van der Waals surface area (Å²) >= 11 is 6.19. The maximum atomic E-state index is 14.2. The van der Waals surface area contributed by atoms with E-state index in [1.165, 1.54) is 11.0 Å². The van der Waals surface area contributed by atoms with E-state index < -0.39 is 5.54 Å². The number of likely N-dealkylation sites (tertiary alicyclic amines) is 1. The average Bonchev–Trinajstić information content (AvgIpc) is 2.98. The van der Waals surface area contributed by atoms with Gasteiger partial charge in [0.15, 0.2) is 0 Å². The normalized spacial score (nSPS) is 18.7. The van der Waals surface area contributed by atoms with Crippen molar-refractivity contribution >= 4 is 23.5 Å². The van der Waals surface area contributed by atoms with Crippen molar-refractivity contribution in [1.82, 2.24) is 19.7 Å². The van der Waals surface area contributed by atoms with Crippen molar-refractivity contribution in [3.8, 4) is 0 Å². The first-order chi connectivity index (χ1) is 15.5. The minimum Gasteiger partial charge on any atom is -0.383 e. The van der Waals surface area contributed by atoms with E-state index >= 15 is 0 Å². The summed E-state index contributed by atoms with van der Waals surface area (Å²) in [5.74, 6) is -0.527. The van der Waals surface area contributed by atoms with Crippen molar-refractivity contribution in [3.63, 3.8) is 0 Å². The lowest BCUT2D eigenvalue weighted by Gasteiger charge is -2.42. The van der Waals surface area contributed by atoms with E-state index in [0.29, 0.717) is 56.2 Å². The number of halogens is 2. The molecule has 3 heterocycles. The van der Waals surface area contributed by atoms with Crippen LogP contribution in [0.5, 0.6) is 0 Å². The highest BCUT2D eigenvalue weighted by molar-refractivity contribution is 6.31. The molecular weight excluding hydrogens is 435 g/mol. The molecule has 170 valence electrons. The Morgan fingerprint density at radius 3 is 2.59 bits per heavy atom. The van der Waals surface area contributed by atoms with Crippen LogP contribution in [0.15, 0.2) is 42.7 Å². The summed E-state index contributed by atoms with van der Waals surface area (Å²) < 4.78 is 19.4. The molecule has 0 saturated carbocycles. The summed E-state index contributed by atoms with van der Waals surface area (Å²) in [6.07, 6.45) is 4.25. The number of ether oxygens (including phenoxy) is 1. The summed E-state index contributed by atoms with van der Waals surface area (Å²) in [5.41, 5.74) is 0.339. The standard InChI is InChI=1S/C23H26ClFN4O3/c1-32-13-12-29-22(31)28(15-17-4-3-9-26-14-17)21(30)23(29)7-10-27(11-8-23)16-18-19(24)5-2-6-20(18)25/h2-6,9,14H,7-8,10-13,15-16H2,1H3. The zero-order valence-corrected chi connectivity index (χ0v) is 18.7. The van der Waals surface area contributed by atoms with Gasteiger partial charge < -0.3 is 9.64 Å². The molecule has 1 spiro atoms. The van der Waals surface area contributed by atoms with Gasteiger partial charge in [-0.05, 0) is 36.6 Å². The van der Waals surface area contributed by atoms with Crippen molar-refractivity contribution in [2.45, 2.75) is 31.5 Å². The molecule has 1 aromatic carbocycles. The van der Waals surface area contributed by atoms with Gasteiger partial charge in [0.05, 0.1) is 13.2 Å². The molecule has 0 N–H and O–H groups in total. The van der Waals surface area contributed by atoms with Crippen molar-refractivity contribution in [2.75, 3.05) is 33.4 Å². The Hall–Kier alpha value is -2.55. The number of hydrogen-bond donors (Lipinski definition) is 0. The Labute approximate surface area is 191 Å². The Bertz CT molecular complexity index is 962. The van der Waals surface area contributed by atoms with Crippen LogP contribution in [-0.2, 0) is 22.6 Å². The Morgan fingerprint density at radius 1 is 1.16 bits per heavy atom. The van der Waals surface area contributed by atoms with E-state index in [-0.39, 0.29) is 24.3 Å². The Kier molecular flexibility index (Phi) is 6.74. The summed E-state index contributed by atoms with van der Waals surface area (Å²) in [7, 11) is 1.57. The maximum absolute atomic E-state index is 14.2. The number of urea groups is 1. The predicted octanol–water partition coefficient (Wildman–Crippen LogP) is 3.32. The third-order valence-corrected chi connectivity index (χ3v) is 6.68. The predicted molar refractivity (Wildman–Crippen MR) is 117 cm³/mol. The number of rotatable bonds is 7. The summed E-state index contributed by atoms with van der Waals surface area (Å²) in [5, 5.41) is 0.391. The van der Waals surface area contributed by atoms with Gasteiger partial charge in [0.25, 0.3) is 5.91 Å². The van der Waals surface area contributed by atoms with Gasteiger partial charge in [-0.1, -0.05) is 23.7 Å². The van der Waals surface area contributed by atoms with Crippen molar-refractivity contribution in [1.29, 1.82) is 0 Å². The molecule has 2 aliphatic rings. The largest absolute Gasteiger partial charge is 0.383 e. The second-order valence-corrected chi connectivity index (χ2v) is 8.59. The first-order valence-electron chi connectivity index (χ1n) is 10.6. The number of amides is 3. The lowest BCUT2D eigenvalue weighted by atomic mass is 9.85. The van der Waals surface area contributed by atoms with E-state index in [9.17, 15) is 14.0 Å². The van der Waals surface area contributed by atoms with Crippen LogP contribution in [0.1, 0.15) is 24.0 Å². The van der Waals surface area contributed by atoms with Gasteiger partial charge in [0, 0.05) is 56.3 Å². The highest BCUT2D eigenvalue weighted by Crippen LogP contribution is 2.38. The molecule has 9 heteroatoms. The van der Waals surface area contributed by atoms with Crippen LogP contribution in [0.4, 0.5) is 9.18 Å². The molecule has 2 aliphatic heterocycles. The van der Waals surface area contributed by atoms with E-state index in [4.69, 9.17) is 16.3 Å². The summed E-state index contributed by atoms with van der Waals surface area (Å²) in [4.78, 5) is 35.9. The topological polar surface area (TPSA) is 66.0 Å². The van der Waals surface area contributed by atoms with Gasteiger partial charge in [-0.25, -0.2) is 9.18 Å². The second-order valence-electron chi connectivity index (χ2n) is 8.19. The minimum atomic E-state index is -0.909. The lowest BCUT2D eigenvalue weighted by molar-refractivity contribution is -0.136. The summed E-state index contributed by atoms with van der Waals surface area (Å²) in [6.45, 7) is 2.33. The average molecular weight is 461 g/mol. The number of methoxy groups -OCH3 is 1. The van der Waals surface area contributed by atoms with Gasteiger partial charge in [0.1, 0.15) is 11.4 Å². The molecule has 0 radical (unpaired) electrons. The quantitative estimate of drug-likeness (QED) is 0.593. The molecule has 32 heavy (non-hydrogen) atoms. The molecule has 1 aromatic heterocycles. The number of benzene rings is 1. The van der Waals surface area contributed by atoms with Gasteiger partial charge in [0.2, 0.25) is 0 Å². The molecule has 2 fully saturated rings. The van der Waals surface area contributed by atoms with Crippen LogP contribution in [-0.4, -0.2) is 70.5 Å². The fourth-order valence-electron chi connectivity index (χ4n) is 4.56. The van der Waals surface area contributed by atoms with E-state index in [1.807, 2.05) is 6.07 Å². The number of carbonyl (C=O) groups excluding carboxylic acids is 2. The monoisotopic (exact) mass is 460 g/mol. The van der Waals surface area contributed by atoms with Gasteiger partial charge in [-0.3, -0.25) is 19.6 Å². The Balaban J connectivity index is 1.52. The van der Waals surface area contributed by atoms with E-state index in [1.54, 1.807) is 42.6 Å². The molecule has 3 amide bonds. The molecule has 0 unspecified atom stereocenters. The minimum absolute atomic E-state index is 0.186. The van der Waals surface area contributed by atoms with E-state index in [0.717, 1.165) is 5.56 Å². The first-order valence-corrected chi connectivity index (χ1v) is 11.0. The van der Waals surface area contributed by atoms with Gasteiger partial charge in [-0.15, -0.1) is 0 Å². The Morgan fingerprint density at radius 2 is 1.94 bits per heavy atom. The van der Waals surface area contributed by atoms with Crippen LogP contribution in [0, 0.1) is 5.82 Å². The molecule has 0 atom stereocenters. The van der Waals surface area contributed by atoms with Gasteiger partial charge >= 0.3 is 6.03 Å². The zero-order valence-electron chi connectivity index (χ0n) is 18.0. The smallest absolute Gasteiger partial charge is 0.328 e. The number of carbonyl (C=O) groups is 2. The number of imide groups is 1. The number of aromatic nitrogens is 1. The highest BCUT2D eigenvalue weighted by Gasteiger charge is 2.57. The molecule has 4 rings (SSSR count). The van der Waals surface area contributed by atoms with Crippen LogP contribution >= 0.6 is 11.6 Å². The maximum Gasteiger partial charge on any atom is 0.328 e. The molecule has 2 saturated heterocycles. The van der Waals surface area contributed by atoms with Crippen LogP contribution < -0.4 is 0 Å². The molecule has 7 nitrogen and oxygen atoms in total. The number of pyridine rings is 1. The zero-order chi connectivity index (χ0) is 22.7. The summed E-state index contributed by atoms with van der Waals surface area (Å²) in [6, 6.07) is 7.98. The van der Waals surface area contributed by atoms with E-state index in [2.05, 4.69) is 9.88 Å². The number of hydrogen-bond acceptors (Lipinski definition) is 5. The second kappa shape index (κ2) is 9.52. The van der Waals surface area contributed by atoms with Crippen molar-refractivity contribution in [3.05, 3.63) is 64.7 Å². The SMILES string of the molecule is COCCN1C(=O)N(Cc2cccnc2)C(=O)C12CCN(Cc1c(F)cccc1Cl)CC2. The molecule has 0 bridgehead atoms. The number of nitrogens with zero attached hydrogens (tertiary/aromatic N) is 4. The number of piperidine rings is 1. The van der Waals surface area contributed by atoms with Crippen molar-refractivity contribution in [2.24, 2.45) is 0 Å². The third kappa shape index (κ3) is 4.22. The fraction of sp³-hybridized carbons (Fsp3) is 0.435. The van der Waals surface area contributed by atoms with Crippen LogP contribution in [0.3, 0.4) is 0 Å². The van der Waals surface area contributed by atoms with Crippen LogP contribution in [0.25, 0.3) is 0 Å². The third-order valence-electron chi connectivity index (χ3n) is 6.33.